The summed E-state index contributed by atoms with van der Waals surface area (Å²) in [4.78, 5) is 11.7. The molecule has 0 aliphatic carbocycles. The van der Waals surface area contributed by atoms with E-state index in [1.54, 1.807) is 11.4 Å². The van der Waals surface area contributed by atoms with E-state index in [4.69, 9.17) is 0 Å². The third kappa shape index (κ3) is 2.95. The Balaban J connectivity index is 1.99. The molecule has 0 aromatic carbocycles. The fourth-order valence-corrected chi connectivity index (χ4v) is 4.61. The average molecular weight is 371 g/mol. The van der Waals surface area contributed by atoms with Gasteiger partial charge in [0.05, 0.1) is 20.0 Å². The standard InChI is InChI=1S/C9H10INO3S2/c10-8-3-6(4-15-8)9(12)11-7-1-2-16(13,14)5-7/h3-4,7H,1-2,5H2,(H,11,12). The van der Waals surface area contributed by atoms with Crippen molar-refractivity contribution in [2.24, 2.45) is 0 Å². The highest BCUT2D eigenvalue weighted by Gasteiger charge is 2.29. The summed E-state index contributed by atoms with van der Waals surface area (Å²) in [6, 6.07) is 1.57. The molecule has 7 heteroatoms. The summed E-state index contributed by atoms with van der Waals surface area (Å²) in [6.45, 7) is 0. The van der Waals surface area contributed by atoms with Crippen LogP contribution in [0.25, 0.3) is 0 Å². The van der Waals surface area contributed by atoms with Crippen LogP contribution in [0.15, 0.2) is 11.4 Å². The van der Waals surface area contributed by atoms with Gasteiger partial charge in [-0.3, -0.25) is 4.79 Å². The van der Waals surface area contributed by atoms with E-state index in [0.717, 1.165) is 2.88 Å². The van der Waals surface area contributed by atoms with Crippen molar-refractivity contribution >= 4 is 49.7 Å². The fraction of sp³-hybridized carbons (Fsp3) is 0.444. The molecule has 1 aromatic rings. The molecule has 2 heterocycles. The van der Waals surface area contributed by atoms with E-state index in [1.165, 1.54) is 11.3 Å². The van der Waals surface area contributed by atoms with E-state index in [2.05, 4.69) is 27.9 Å². The SMILES string of the molecule is O=C(NC1CCS(=O)(=O)C1)c1csc(I)c1. The largest absolute Gasteiger partial charge is 0.348 e. The van der Waals surface area contributed by atoms with Gasteiger partial charge in [-0.25, -0.2) is 8.42 Å². The van der Waals surface area contributed by atoms with Crippen molar-refractivity contribution in [3.63, 3.8) is 0 Å². The minimum Gasteiger partial charge on any atom is -0.348 e. The quantitative estimate of drug-likeness (QED) is 0.797. The van der Waals surface area contributed by atoms with Crippen molar-refractivity contribution in [1.82, 2.24) is 5.32 Å². The minimum atomic E-state index is -2.93. The second-order valence-corrected chi connectivity index (χ2v) is 8.75. The summed E-state index contributed by atoms with van der Waals surface area (Å²) < 4.78 is 23.5. The van der Waals surface area contributed by atoms with Gasteiger partial charge in [0.1, 0.15) is 0 Å². The lowest BCUT2D eigenvalue weighted by molar-refractivity contribution is 0.0941. The van der Waals surface area contributed by atoms with Crippen molar-refractivity contribution in [2.45, 2.75) is 12.5 Å². The first kappa shape index (κ1) is 12.3. The zero-order valence-corrected chi connectivity index (χ0v) is 12.1. The number of halogens is 1. The molecule has 1 N–H and O–H groups in total. The van der Waals surface area contributed by atoms with Crippen LogP contribution in [0.3, 0.4) is 0 Å². The number of rotatable bonds is 2. The summed E-state index contributed by atoms with van der Waals surface area (Å²) in [7, 11) is -2.93. The first-order chi connectivity index (χ1) is 7.46. The Kier molecular flexibility index (Phi) is 3.55. The molecule has 1 fully saturated rings. The van der Waals surface area contributed by atoms with Crippen LogP contribution in [0.5, 0.6) is 0 Å². The summed E-state index contributed by atoms with van der Waals surface area (Å²) >= 11 is 3.64. The Morgan fingerprint density at radius 2 is 2.31 bits per heavy atom. The van der Waals surface area contributed by atoms with Crippen LogP contribution in [-0.2, 0) is 9.84 Å². The van der Waals surface area contributed by atoms with Crippen molar-refractivity contribution in [3.8, 4) is 0 Å². The first-order valence-electron chi connectivity index (χ1n) is 4.71. The molecule has 88 valence electrons. The molecule has 2 rings (SSSR count). The molecule has 16 heavy (non-hydrogen) atoms. The lowest BCUT2D eigenvalue weighted by Crippen LogP contribution is -2.35. The molecule has 1 aliphatic heterocycles. The predicted octanol–water partition coefficient (Wildman–Crippen LogP) is 1.27. The summed E-state index contributed by atoms with van der Waals surface area (Å²) in [5.74, 6) is 0.0697. The molecular formula is C9H10INO3S2. The van der Waals surface area contributed by atoms with E-state index >= 15 is 0 Å². The van der Waals surface area contributed by atoms with E-state index in [1.807, 2.05) is 0 Å². The topological polar surface area (TPSA) is 63.2 Å². The molecule has 1 aliphatic rings. The molecule has 1 amide bonds. The number of hydrogen-bond acceptors (Lipinski definition) is 4. The smallest absolute Gasteiger partial charge is 0.252 e. The number of amides is 1. The zero-order valence-electron chi connectivity index (χ0n) is 8.27. The van der Waals surface area contributed by atoms with E-state index < -0.39 is 9.84 Å². The van der Waals surface area contributed by atoms with Gasteiger partial charge in [-0.05, 0) is 35.1 Å². The van der Waals surface area contributed by atoms with Crippen molar-refractivity contribution in [2.75, 3.05) is 11.5 Å². The highest BCUT2D eigenvalue weighted by Crippen LogP contribution is 2.17. The van der Waals surface area contributed by atoms with Crippen LogP contribution in [0.2, 0.25) is 0 Å². The number of sulfone groups is 1. The fourth-order valence-electron chi connectivity index (χ4n) is 1.61. The maximum atomic E-state index is 11.7. The Bertz CT molecular complexity index is 509. The normalized spacial score (nSPS) is 23.2. The van der Waals surface area contributed by atoms with Crippen LogP contribution >= 0.6 is 33.9 Å². The van der Waals surface area contributed by atoms with Crippen molar-refractivity contribution < 1.29 is 13.2 Å². The van der Waals surface area contributed by atoms with Gasteiger partial charge in [-0.1, -0.05) is 0 Å². The molecular weight excluding hydrogens is 361 g/mol. The summed E-state index contributed by atoms with van der Waals surface area (Å²) in [6.07, 6.45) is 0.523. The number of nitrogens with one attached hydrogen (secondary N) is 1. The van der Waals surface area contributed by atoms with Gasteiger partial charge in [0.15, 0.2) is 9.84 Å². The van der Waals surface area contributed by atoms with E-state index in [-0.39, 0.29) is 23.5 Å². The van der Waals surface area contributed by atoms with Crippen LogP contribution in [0.4, 0.5) is 0 Å². The van der Waals surface area contributed by atoms with Crippen molar-refractivity contribution in [1.29, 1.82) is 0 Å². The second kappa shape index (κ2) is 4.61. The van der Waals surface area contributed by atoms with Gasteiger partial charge in [-0.15, -0.1) is 11.3 Å². The molecule has 0 spiro atoms. The summed E-state index contributed by atoms with van der Waals surface area (Å²) in [5, 5.41) is 4.53. The third-order valence-corrected chi connectivity index (χ3v) is 5.95. The predicted molar refractivity (Wildman–Crippen MR) is 71.6 cm³/mol. The molecule has 1 aromatic heterocycles. The lowest BCUT2D eigenvalue weighted by atomic mass is 10.2. The number of thiophene rings is 1. The Hall–Kier alpha value is -0.150. The van der Waals surface area contributed by atoms with Crippen LogP contribution in [-0.4, -0.2) is 31.9 Å². The number of hydrogen-bond donors (Lipinski definition) is 1. The molecule has 0 saturated carbocycles. The second-order valence-electron chi connectivity index (χ2n) is 3.71. The van der Waals surface area contributed by atoms with Gasteiger partial charge in [-0.2, -0.15) is 0 Å². The number of carbonyl (C=O) groups is 1. The van der Waals surface area contributed by atoms with Gasteiger partial charge in [0.25, 0.3) is 5.91 Å². The Morgan fingerprint density at radius 3 is 2.81 bits per heavy atom. The third-order valence-electron chi connectivity index (χ3n) is 2.40. The molecule has 1 unspecified atom stereocenters. The average Bonchev–Trinajstić information content (AvgIpc) is 2.73. The van der Waals surface area contributed by atoms with Crippen molar-refractivity contribution in [3.05, 3.63) is 19.9 Å². The first-order valence-corrected chi connectivity index (χ1v) is 8.49. The van der Waals surface area contributed by atoms with Gasteiger partial charge < -0.3 is 5.32 Å². The van der Waals surface area contributed by atoms with Gasteiger partial charge in [0.2, 0.25) is 0 Å². The van der Waals surface area contributed by atoms with Crippen LogP contribution in [0.1, 0.15) is 16.8 Å². The Morgan fingerprint density at radius 1 is 1.56 bits per heavy atom. The lowest BCUT2D eigenvalue weighted by Gasteiger charge is -2.09. The van der Waals surface area contributed by atoms with E-state index in [0.29, 0.717) is 12.0 Å². The summed E-state index contributed by atoms with van der Waals surface area (Å²) in [5.41, 5.74) is 0.610. The molecule has 1 atom stereocenters. The Labute approximate surface area is 111 Å². The molecule has 0 bridgehead atoms. The maximum Gasteiger partial charge on any atom is 0.252 e. The van der Waals surface area contributed by atoms with Crippen LogP contribution in [0, 0.1) is 2.88 Å². The zero-order chi connectivity index (χ0) is 11.8. The van der Waals surface area contributed by atoms with Crippen LogP contribution < -0.4 is 5.32 Å². The molecule has 0 radical (unpaired) electrons. The highest BCUT2D eigenvalue weighted by atomic mass is 127. The maximum absolute atomic E-state index is 11.7. The highest BCUT2D eigenvalue weighted by molar-refractivity contribution is 14.1. The monoisotopic (exact) mass is 371 g/mol. The molecule has 4 nitrogen and oxygen atoms in total. The molecule has 1 saturated heterocycles. The van der Waals surface area contributed by atoms with E-state index in [9.17, 15) is 13.2 Å². The van der Waals surface area contributed by atoms with Gasteiger partial charge >= 0.3 is 0 Å². The minimum absolute atomic E-state index is 0.0694. The number of carbonyl (C=O) groups excluding carboxylic acids is 1. The van der Waals surface area contributed by atoms with Gasteiger partial charge in [0, 0.05) is 11.4 Å².